The molecule has 1 atom stereocenters. The van der Waals surface area contributed by atoms with Gasteiger partial charge in [-0.2, -0.15) is 0 Å². The van der Waals surface area contributed by atoms with Crippen molar-refractivity contribution in [2.75, 3.05) is 32.0 Å². The highest BCUT2D eigenvalue weighted by atomic mass is 32.1. The quantitative estimate of drug-likeness (QED) is 0.697. The molecule has 2 N–H and O–H groups in total. The lowest BCUT2D eigenvalue weighted by atomic mass is 9.89. The molecular weight excluding hydrogens is 382 g/mol. The minimum absolute atomic E-state index is 0.107. The molecule has 2 aromatic carbocycles. The van der Waals surface area contributed by atoms with Crippen LogP contribution in [0.2, 0.25) is 0 Å². The molecule has 0 aliphatic carbocycles. The van der Waals surface area contributed by atoms with Crippen LogP contribution in [0.15, 0.2) is 36.4 Å². The molecule has 1 saturated heterocycles. The summed E-state index contributed by atoms with van der Waals surface area (Å²) in [6.45, 7) is 5.94. The fourth-order valence-corrected chi connectivity index (χ4v) is 5.43. The van der Waals surface area contributed by atoms with E-state index >= 15 is 0 Å². The number of fused-ring (bicyclic) bond motifs is 2. The maximum atomic E-state index is 6.14. The van der Waals surface area contributed by atoms with Crippen LogP contribution in [0.3, 0.4) is 0 Å². The zero-order valence-corrected chi connectivity index (χ0v) is 17.6. The largest absolute Gasteiger partial charge is 0.486 e. The van der Waals surface area contributed by atoms with Crippen LogP contribution in [0, 0.1) is 12.8 Å². The van der Waals surface area contributed by atoms with Gasteiger partial charge in [-0.25, -0.2) is 4.98 Å². The van der Waals surface area contributed by atoms with Crippen molar-refractivity contribution in [3.63, 3.8) is 0 Å². The Morgan fingerprint density at radius 2 is 1.97 bits per heavy atom. The summed E-state index contributed by atoms with van der Waals surface area (Å²) in [7, 11) is 0. The van der Waals surface area contributed by atoms with Gasteiger partial charge in [-0.15, -0.1) is 0 Å². The molecular formula is C23H27N3O2S. The van der Waals surface area contributed by atoms with Crippen molar-refractivity contribution < 1.29 is 9.47 Å². The van der Waals surface area contributed by atoms with Crippen LogP contribution in [0.4, 0.5) is 5.13 Å². The summed E-state index contributed by atoms with van der Waals surface area (Å²) in [5, 5.41) is 0.665. The van der Waals surface area contributed by atoms with Crippen LogP contribution in [-0.4, -0.2) is 42.2 Å². The molecule has 6 heteroatoms. The summed E-state index contributed by atoms with van der Waals surface area (Å²) in [6, 6.07) is 12.4. The zero-order chi connectivity index (χ0) is 19.8. The third-order valence-electron chi connectivity index (χ3n) is 5.98. The third-order valence-corrected chi connectivity index (χ3v) is 6.81. The first-order valence-corrected chi connectivity index (χ1v) is 11.2. The molecule has 5 nitrogen and oxygen atoms in total. The number of thiazole rings is 1. The van der Waals surface area contributed by atoms with E-state index in [0.717, 1.165) is 43.1 Å². The highest BCUT2D eigenvalue weighted by molar-refractivity contribution is 7.22. The van der Waals surface area contributed by atoms with Crippen LogP contribution < -0.4 is 15.2 Å². The Morgan fingerprint density at radius 3 is 2.79 bits per heavy atom. The monoisotopic (exact) mass is 409 g/mol. The second kappa shape index (κ2) is 7.84. The van der Waals surface area contributed by atoms with E-state index in [-0.39, 0.29) is 6.10 Å². The Balaban J connectivity index is 1.18. The van der Waals surface area contributed by atoms with E-state index in [1.807, 2.05) is 24.3 Å². The lowest BCUT2D eigenvalue weighted by Crippen LogP contribution is -2.44. The molecule has 152 valence electrons. The summed E-state index contributed by atoms with van der Waals surface area (Å²) >= 11 is 1.59. The molecule has 0 bridgehead atoms. The summed E-state index contributed by atoms with van der Waals surface area (Å²) < 4.78 is 13.2. The summed E-state index contributed by atoms with van der Waals surface area (Å²) in [6.07, 6.45) is 3.61. The number of ether oxygens (including phenoxy) is 2. The van der Waals surface area contributed by atoms with Gasteiger partial charge in [0, 0.05) is 6.54 Å². The number of aromatic nitrogens is 1. The SMILES string of the molecule is Cc1cc(CC2CCN(CC3COc4ccccc4O3)CC2)c2nc(N)sc2c1. The van der Waals surface area contributed by atoms with Crippen molar-refractivity contribution in [2.45, 2.75) is 32.3 Å². The van der Waals surface area contributed by atoms with Gasteiger partial charge in [0.25, 0.3) is 0 Å². The number of nitrogen functional groups attached to an aromatic ring is 1. The highest BCUT2D eigenvalue weighted by Gasteiger charge is 2.26. The minimum atomic E-state index is 0.107. The summed E-state index contributed by atoms with van der Waals surface area (Å²) in [4.78, 5) is 7.10. The Hall–Kier alpha value is -2.31. The van der Waals surface area contributed by atoms with Crippen LogP contribution >= 0.6 is 11.3 Å². The number of para-hydroxylation sites is 2. The van der Waals surface area contributed by atoms with Crippen molar-refractivity contribution in [3.8, 4) is 11.5 Å². The van der Waals surface area contributed by atoms with E-state index in [9.17, 15) is 0 Å². The molecule has 0 saturated carbocycles. The molecule has 0 spiro atoms. The maximum Gasteiger partial charge on any atom is 0.181 e. The second-order valence-electron chi connectivity index (χ2n) is 8.27. The van der Waals surface area contributed by atoms with Crippen molar-refractivity contribution in [3.05, 3.63) is 47.5 Å². The molecule has 1 fully saturated rings. The van der Waals surface area contributed by atoms with E-state index in [1.54, 1.807) is 11.3 Å². The smallest absolute Gasteiger partial charge is 0.181 e. The van der Waals surface area contributed by atoms with Gasteiger partial charge in [0.15, 0.2) is 16.6 Å². The predicted molar refractivity (Wildman–Crippen MR) is 118 cm³/mol. The van der Waals surface area contributed by atoms with Gasteiger partial charge in [-0.1, -0.05) is 29.5 Å². The first-order valence-electron chi connectivity index (χ1n) is 10.4. The number of nitrogens with zero attached hydrogens (tertiary/aromatic N) is 2. The molecule has 1 unspecified atom stereocenters. The second-order valence-corrected chi connectivity index (χ2v) is 9.33. The van der Waals surface area contributed by atoms with Crippen molar-refractivity contribution in [2.24, 2.45) is 5.92 Å². The number of piperidine rings is 1. The fourth-order valence-electron chi connectivity index (χ4n) is 4.55. The number of anilines is 1. The number of aryl methyl sites for hydroxylation is 1. The van der Waals surface area contributed by atoms with E-state index in [2.05, 4.69) is 28.9 Å². The van der Waals surface area contributed by atoms with Gasteiger partial charge < -0.3 is 15.2 Å². The predicted octanol–water partition coefficient (Wildman–Crippen LogP) is 4.28. The summed E-state index contributed by atoms with van der Waals surface area (Å²) in [5.74, 6) is 2.42. The molecule has 2 aliphatic heterocycles. The zero-order valence-electron chi connectivity index (χ0n) is 16.8. The topological polar surface area (TPSA) is 60.6 Å². The third kappa shape index (κ3) is 4.05. The average Bonchev–Trinajstić information content (AvgIpc) is 3.09. The number of likely N-dealkylation sites (tertiary alicyclic amines) is 1. The number of hydrogen-bond donors (Lipinski definition) is 1. The molecule has 3 aromatic rings. The number of benzene rings is 2. The van der Waals surface area contributed by atoms with Crippen molar-refractivity contribution >= 4 is 26.7 Å². The van der Waals surface area contributed by atoms with E-state index < -0.39 is 0 Å². The molecule has 2 aliphatic rings. The van der Waals surface area contributed by atoms with Crippen LogP contribution in [0.5, 0.6) is 11.5 Å². The molecule has 5 rings (SSSR count). The van der Waals surface area contributed by atoms with E-state index in [1.165, 1.54) is 28.7 Å². The van der Waals surface area contributed by atoms with Crippen LogP contribution in [0.1, 0.15) is 24.0 Å². The van der Waals surface area contributed by atoms with Crippen LogP contribution in [-0.2, 0) is 6.42 Å². The van der Waals surface area contributed by atoms with Gasteiger partial charge in [-0.3, -0.25) is 4.90 Å². The molecule has 1 aromatic heterocycles. The standard InChI is InChI=1S/C23H27N3O2S/c1-15-10-17(22-21(11-15)29-23(24)25-22)12-16-6-8-26(9-7-16)13-18-14-27-19-4-2-3-5-20(19)28-18/h2-5,10-11,16,18H,6-9,12-14H2,1H3,(H2,24,25). The molecule has 3 heterocycles. The van der Waals surface area contributed by atoms with Crippen molar-refractivity contribution in [1.29, 1.82) is 0 Å². The Bertz CT molecular complexity index is 1010. The van der Waals surface area contributed by atoms with Gasteiger partial charge in [-0.05, 0) is 74.5 Å². The van der Waals surface area contributed by atoms with Gasteiger partial charge >= 0.3 is 0 Å². The van der Waals surface area contributed by atoms with Crippen LogP contribution in [0.25, 0.3) is 10.2 Å². The fraction of sp³-hybridized carbons (Fsp3) is 0.435. The molecule has 29 heavy (non-hydrogen) atoms. The Kier molecular flexibility index (Phi) is 5.06. The highest BCUT2D eigenvalue weighted by Crippen LogP contribution is 2.33. The van der Waals surface area contributed by atoms with Gasteiger partial charge in [0.05, 0.1) is 10.2 Å². The van der Waals surface area contributed by atoms with E-state index in [0.29, 0.717) is 17.7 Å². The summed E-state index contributed by atoms with van der Waals surface area (Å²) in [5.41, 5.74) is 9.71. The number of rotatable bonds is 4. The number of hydrogen-bond acceptors (Lipinski definition) is 6. The first-order chi connectivity index (χ1) is 14.1. The maximum absolute atomic E-state index is 6.14. The van der Waals surface area contributed by atoms with Crippen molar-refractivity contribution in [1.82, 2.24) is 9.88 Å². The minimum Gasteiger partial charge on any atom is -0.486 e. The number of nitrogens with two attached hydrogens (primary N) is 1. The molecule has 0 radical (unpaired) electrons. The normalized spacial score (nSPS) is 20.2. The molecule has 0 amide bonds. The van der Waals surface area contributed by atoms with E-state index in [4.69, 9.17) is 15.2 Å². The lowest BCUT2D eigenvalue weighted by molar-refractivity contribution is 0.0478. The average molecular weight is 410 g/mol. The first kappa shape index (κ1) is 18.7. The Labute approximate surface area is 175 Å². The lowest BCUT2D eigenvalue weighted by Gasteiger charge is -2.35. The van der Waals surface area contributed by atoms with Gasteiger partial charge in [0.2, 0.25) is 0 Å². The van der Waals surface area contributed by atoms with Gasteiger partial charge in [0.1, 0.15) is 12.7 Å². The Morgan fingerprint density at radius 1 is 1.17 bits per heavy atom.